The van der Waals surface area contributed by atoms with E-state index < -0.39 is 10.3 Å². The molecule has 0 aromatic carbocycles. The van der Waals surface area contributed by atoms with Crippen molar-refractivity contribution in [2.24, 2.45) is 5.92 Å². The summed E-state index contributed by atoms with van der Waals surface area (Å²) in [5.74, 6) is 0.464. The average Bonchev–Trinajstić information content (AvgIpc) is 2.17. The summed E-state index contributed by atoms with van der Waals surface area (Å²) in [5, 5.41) is 0. The van der Waals surface area contributed by atoms with Gasteiger partial charge in [0.15, 0.2) is 0 Å². The first-order valence-electron chi connectivity index (χ1n) is 4.72. The third-order valence-corrected chi connectivity index (χ3v) is 3.66. The van der Waals surface area contributed by atoms with Crippen molar-refractivity contribution in [3.8, 4) is 0 Å². The van der Waals surface area contributed by atoms with Gasteiger partial charge in [-0.3, -0.25) is 0 Å². The number of hydrogen-bond donors (Lipinski definition) is 0. The Bertz CT molecular complexity index is 328. The lowest BCUT2D eigenvalue weighted by Gasteiger charge is -2.22. The van der Waals surface area contributed by atoms with E-state index in [0.717, 1.165) is 25.7 Å². The van der Waals surface area contributed by atoms with Gasteiger partial charge >= 0.3 is 0 Å². The van der Waals surface area contributed by atoms with E-state index in [1.54, 1.807) is 0 Å². The summed E-state index contributed by atoms with van der Waals surface area (Å²) in [4.78, 5) is 0.706. The molecule has 0 saturated heterocycles. The lowest BCUT2D eigenvalue weighted by molar-refractivity contribution is 0.526. The molecule has 0 spiro atoms. The van der Waals surface area contributed by atoms with Crippen LogP contribution in [0.4, 0.5) is 0 Å². The highest BCUT2D eigenvalue weighted by molar-refractivity contribution is 7.73. The Labute approximate surface area is 81.2 Å². The van der Waals surface area contributed by atoms with Gasteiger partial charge in [-0.15, -0.1) is 0 Å². The lowest BCUT2D eigenvalue weighted by atomic mass is 9.84. The van der Waals surface area contributed by atoms with Crippen LogP contribution < -0.4 is 0 Å². The highest BCUT2D eigenvalue weighted by Crippen LogP contribution is 2.27. The van der Waals surface area contributed by atoms with Crippen molar-refractivity contribution in [3.63, 3.8) is 0 Å². The van der Waals surface area contributed by atoms with Gasteiger partial charge in [-0.25, -0.2) is 0 Å². The number of rotatable bonds is 1. The SMILES string of the molecule is CC=C(C)C1CCCC(=S(=O)=O)C1. The highest BCUT2D eigenvalue weighted by Gasteiger charge is 2.19. The summed E-state index contributed by atoms with van der Waals surface area (Å²) >= 11 is 0. The van der Waals surface area contributed by atoms with Crippen molar-refractivity contribution >= 4 is 15.2 Å². The predicted octanol–water partition coefficient (Wildman–Crippen LogP) is 2.19. The zero-order valence-corrected chi connectivity index (χ0v) is 9.02. The van der Waals surface area contributed by atoms with E-state index in [0.29, 0.717) is 10.8 Å². The molecule has 1 saturated carbocycles. The molecule has 1 atom stereocenters. The van der Waals surface area contributed by atoms with Crippen LogP contribution >= 0.6 is 0 Å². The molecule has 1 unspecified atom stereocenters. The molecular formula is C10H16O2S. The molecule has 0 aromatic rings. The molecule has 2 nitrogen and oxygen atoms in total. The molecule has 1 fully saturated rings. The highest BCUT2D eigenvalue weighted by atomic mass is 32.2. The van der Waals surface area contributed by atoms with E-state index in [1.165, 1.54) is 5.57 Å². The predicted molar refractivity (Wildman–Crippen MR) is 55.3 cm³/mol. The Morgan fingerprint density at radius 2 is 2.23 bits per heavy atom. The van der Waals surface area contributed by atoms with Crippen LogP contribution in [0.15, 0.2) is 11.6 Å². The van der Waals surface area contributed by atoms with Gasteiger partial charge < -0.3 is 0 Å². The van der Waals surface area contributed by atoms with Gasteiger partial charge in [0.25, 0.3) is 0 Å². The van der Waals surface area contributed by atoms with E-state index in [4.69, 9.17) is 0 Å². The van der Waals surface area contributed by atoms with Gasteiger partial charge in [0.05, 0.1) is 4.86 Å². The van der Waals surface area contributed by atoms with E-state index in [9.17, 15) is 8.42 Å². The van der Waals surface area contributed by atoms with Crippen LogP contribution in [0.3, 0.4) is 0 Å². The minimum Gasteiger partial charge on any atom is -0.185 e. The van der Waals surface area contributed by atoms with Crippen LogP contribution in [-0.4, -0.2) is 13.3 Å². The van der Waals surface area contributed by atoms with Gasteiger partial charge in [0, 0.05) is 0 Å². The monoisotopic (exact) mass is 200 g/mol. The van der Waals surface area contributed by atoms with Crippen LogP contribution in [0.5, 0.6) is 0 Å². The molecule has 1 aliphatic carbocycles. The minimum atomic E-state index is -1.95. The molecule has 0 aliphatic heterocycles. The first-order valence-corrected chi connectivity index (χ1v) is 5.79. The molecule has 3 heteroatoms. The standard InChI is InChI=1S/C10H16O2S/c1-3-8(2)9-5-4-6-10(7-9)13(11)12/h3,9H,4-7H2,1-2H3. The molecule has 0 heterocycles. The summed E-state index contributed by atoms with van der Waals surface area (Å²) in [6.45, 7) is 4.10. The summed E-state index contributed by atoms with van der Waals surface area (Å²) in [6, 6.07) is 0. The Balaban J connectivity index is 2.79. The summed E-state index contributed by atoms with van der Waals surface area (Å²) < 4.78 is 21.5. The molecule has 0 amide bonds. The number of hydrogen-bond acceptors (Lipinski definition) is 2. The molecule has 13 heavy (non-hydrogen) atoms. The second-order valence-electron chi connectivity index (χ2n) is 3.60. The average molecular weight is 200 g/mol. The normalized spacial score (nSPS) is 24.6. The summed E-state index contributed by atoms with van der Waals surface area (Å²) in [5.41, 5.74) is 1.32. The molecular weight excluding hydrogens is 184 g/mol. The second kappa shape index (κ2) is 4.61. The van der Waals surface area contributed by atoms with E-state index in [-0.39, 0.29) is 0 Å². The van der Waals surface area contributed by atoms with E-state index >= 15 is 0 Å². The zero-order chi connectivity index (χ0) is 9.84. The van der Waals surface area contributed by atoms with Gasteiger partial charge in [-0.05, 0) is 45.4 Å². The molecule has 74 valence electrons. The maximum Gasteiger partial charge on any atom is 0.213 e. The van der Waals surface area contributed by atoms with Crippen LogP contribution in [0.25, 0.3) is 0 Å². The lowest BCUT2D eigenvalue weighted by Crippen LogP contribution is -2.16. The van der Waals surface area contributed by atoms with Crippen molar-refractivity contribution in [2.75, 3.05) is 0 Å². The van der Waals surface area contributed by atoms with Crippen molar-refractivity contribution in [2.45, 2.75) is 39.5 Å². The van der Waals surface area contributed by atoms with E-state index in [2.05, 4.69) is 13.0 Å². The minimum absolute atomic E-state index is 0.464. The number of allylic oxidation sites excluding steroid dienone is 2. The van der Waals surface area contributed by atoms with Gasteiger partial charge in [-0.1, -0.05) is 11.6 Å². The van der Waals surface area contributed by atoms with Crippen LogP contribution in [0, 0.1) is 5.92 Å². The fourth-order valence-electron chi connectivity index (χ4n) is 1.80. The Morgan fingerprint density at radius 3 is 2.77 bits per heavy atom. The van der Waals surface area contributed by atoms with Gasteiger partial charge in [0.1, 0.15) is 0 Å². The van der Waals surface area contributed by atoms with Crippen LogP contribution in [0.1, 0.15) is 39.5 Å². The quantitative estimate of drug-likeness (QED) is 0.480. The zero-order valence-electron chi connectivity index (χ0n) is 8.21. The third-order valence-electron chi connectivity index (χ3n) is 2.82. The maximum absolute atomic E-state index is 10.8. The molecule has 1 aliphatic rings. The van der Waals surface area contributed by atoms with Crippen molar-refractivity contribution in [1.29, 1.82) is 0 Å². The second-order valence-corrected chi connectivity index (χ2v) is 4.65. The van der Waals surface area contributed by atoms with Crippen molar-refractivity contribution in [3.05, 3.63) is 11.6 Å². The first-order chi connectivity index (χ1) is 6.15. The maximum atomic E-state index is 10.8. The first kappa shape index (κ1) is 10.5. The third kappa shape index (κ3) is 2.69. The van der Waals surface area contributed by atoms with Crippen LogP contribution in [-0.2, 0) is 10.3 Å². The Morgan fingerprint density at radius 1 is 1.54 bits per heavy atom. The largest absolute Gasteiger partial charge is 0.213 e. The van der Waals surface area contributed by atoms with Crippen molar-refractivity contribution in [1.82, 2.24) is 0 Å². The van der Waals surface area contributed by atoms with Gasteiger partial charge in [-0.2, -0.15) is 8.42 Å². The molecule has 0 bridgehead atoms. The molecule has 0 N–H and O–H groups in total. The smallest absolute Gasteiger partial charge is 0.185 e. The van der Waals surface area contributed by atoms with E-state index in [1.807, 2.05) is 6.92 Å². The summed E-state index contributed by atoms with van der Waals surface area (Å²) in [7, 11) is -1.95. The fraction of sp³-hybridized carbons (Fsp3) is 0.700. The van der Waals surface area contributed by atoms with Gasteiger partial charge in [0.2, 0.25) is 10.3 Å². The molecule has 0 radical (unpaired) electrons. The topological polar surface area (TPSA) is 34.1 Å². The Kier molecular flexibility index (Phi) is 3.72. The molecule has 0 aromatic heterocycles. The fourth-order valence-corrected chi connectivity index (χ4v) is 2.45. The Hall–Kier alpha value is -0.570. The van der Waals surface area contributed by atoms with Crippen molar-refractivity contribution < 1.29 is 8.42 Å². The van der Waals surface area contributed by atoms with Crippen LogP contribution in [0.2, 0.25) is 0 Å². The molecule has 1 rings (SSSR count). The summed E-state index contributed by atoms with van der Waals surface area (Å²) in [6.07, 6.45) is 5.74.